The van der Waals surface area contributed by atoms with Crippen molar-refractivity contribution >= 4 is 23.9 Å². The highest BCUT2D eigenvalue weighted by molar-refractivity contribution is 5.89. The molecule has 0 spiro atoms. The smallest absolute Gasteiger partial charge is 0.408 e. The van der Waals surface area contributed by atoms with E-state index in [4.69, 9.17) is 15.9 Å². The molecular weight excluding hydrogens is 436 g/mol. The third-order valence-electron chi connectivity index (χ3n) is 4.24. The van der Waals surface area contributed by atoms with Crippen molar-refractivity contribution in [1.82, 2.24) is 15.6 Å². The van der Waals surface area contributed by atoms with Crippen LogP contribution in [-0.2, 0) is 20.7 Å². The van der Waals surface area contributed by atoms with Crippen LogP contribution in [0.1, 0.15) is 39.2 Å². The Kier molecular flexibility index (Phi) is 10.0. The predicted octanol–water partition coefficient (Wildman–Crippen LogP) is 0.859. The Morgan fingerprint density at radius 2 is 1.82 bits per heavy atom. The van der Waals surface area contributed by atoms with Crippen LogP contribution in [0.15, 0.2) is 30.3 Å². The second-order valence-electron chi connectivity index (χ2n) is 8.18. The number of hydrogen-bond acceptors (Lipinski definition) is 7. The molecule has 1 aromatic carbocycles. The van der Waals surface area contributed by atoms with Crippen molar-refractivity contribution < 1.29 is 29.3 Å². The van der Waals surface area contributed by atoms with Gasteiger partial charge in [0.15, 0.2) is 5.03 Å². The molecule has 1 aromatic rings. The average molecular weight is 466 g/mol. The zero-order valence-electron chi connectivity index (χ0n) is 18.7. The van der Waals surface area contributed by atoms with E-state index < -0.39 is 46.6 Å². The van der Waals surface area contributed by atoms with Crippen molar-refractivity contribution in [2.45, 2.75) is 57.7 Å². The van der Waals surface area contributed by atoms with Crippen LogP contribution in [0.25, 0.3) is 0 Å². The molecule has 2 amide bonds. The maximum Gasteiger partial charge on any atom is 0.408 e. The van der Waals surface area contributed by atoms with Gasteiger partial charge in [0.1, 0.15) is 17.7 Å². The monoisotopic (exact) mass is 466 g/mol. The Morgan fingerprint density at radius 1 is 1.21 bits per heavy atom. The van der Waals surface area contributed by atoms with Crippen molar-refractivity contribution in [2.75, 3.05) is 6.54 Å². The number of alkyl carbamates (subject to hydrolysis) is 1. The van der Waals surface area contributed by atoms with Gasteiger partial charge in [0, 0.05) is 6.42 Å². The first-order valence-corrected chi connectivity index (χ1v) is 10.1. The maximum absolute atomic E-state index is 12.9. The molecule has 2 atom stereocenters. The number of carbonyl (C=O) groups is 3. The number of rotatable bonds is 11. The first-order valence-electron chi connectivity index (χ1n) is 10.1. The number of hydrogen-bond donors (Lipinski definition) is 5. The number of nitrogens with two attached hydrogens (primary N) is 1. The van der Waals surface area contributed by atoms with Crippen molar-refractivity contribution in [2.24, 2.45) is 5.73 Å². The van der Waals surface area contributed by atoms with E-state index in [9.17, 15) is 29.6 Å². The summed E-state index contributed by atoms with van der Waals surface area (Å²) in [7, 11) is 0. The molecule has 0 aliphatic heterocycles. The van der Waals surface area contributed by atoms with Gasteiger partial charge in [0.2, 0.25) is 5.91 Å². The Morgan fingerprint density at radius 3 is 2.30 bits per heavy atom. The predicted molar refractivity (Wildman–Crippen MR) is 118 cm³/mol. The summed E-state index contributed by atoms with van der Waals surface area (Å²) in [5.74, 6) is -2.90. The van der Waals surface area contributed by atoms with Crippen molar-refractivity contribution in [1.29, 1.82) is 5.41 Å². The summed E-state index contributed by atoms with van der Waals surface area (Å²) in [4.78, 5) is 47.6. The molecule has 6 N–H and O–H groups in total. The maximum atomic E-state index is 12.9. The molecule has 0 radical (unpaired) electrons. The zero-order chi connectivity index (χ0) is 25.2. The highest BCUT2D eigenvalue weighted by Gasteiger charge is 2.29. The van der Waals surface area contributed by atoms with E-state index in [0.29, 0.717) is 5.01 Å². The quantitative estimate of drug-likeness (QED) is 0.136. The molecule has 0 saturated heterocycles. The van der Waals surface area contributed by atoms with E-state index in [-0.39, 0.29) is 25.8 Å². The van der Waals surface area contributed by atoms with Crippen LogP contribution in [0.5, 0.6) is 0 Å². The lowest BCUT2D eigenvalue weighted by Gasteiger charge is -2.24. The Hall–Kier alpha value is -3.90. The summed E-state index contributed by atoms with van der Waals surface area (Å²) in [5, 5.41) is 31.8. The fraction of sp³-hybridized carbons (Fsp3) is 0.500. The SMILES string of the molecule is CC(C)(C)OC(=O)N[C@@H](Cc1ccccc1)C(=O)NC(CCCN(C(=N)N)[N+](=O)[O-])C(=O)O. The molecular formula is C20H30N6O7. The minimum absolute atomic E-state index is 0.0410. The number of carboxylic acid groups (broad SMARTS) is 1. The van der Waals surface area contributed by atoms with Crippen LogP contribution in [-0.4, -0.2) is 63.3 Å². The van der Waals surface area contributed by atoms with E-state index in [0.717, 1.165) is 5.56 Å². The zero-order valence-corrected chi connectivity index (χ0v) is 18.7. The van der Waals surface area contributed by atoms with Gasteiger partial charge in [-0.3, -0.25) is 10.2 Å². The summed E-state index contributed by atoms with van der Waals surface area (Å²) in [6, 6.07) is 6.30. The molecule has 33 heavy (non-hydrogen) atoms. The van der Waals surface area contributed by atoms with Crippen molar-refractivity contribution in [3.8, 4) is 0 Å². The number of ether oxygens (including phenoxy) is 1. The van der Waals surface area contributed by atoms with Crippen molar-refractivity contribution in [3.05, 3.63) is 46.0 Å². The largest absolute Gasteiger partial charge is 0.480 e. The second kappa shape index (κ2) is 12.2. The van der Waals surface area contributed by atoms with Crippen LogP contribution in [0.4, 0.5) is 4.79 Å². The Labute approximate surface area is 190 Å². The molecule has 13 heteroatoms. The summed E-state index contributed by atoms with van der Waals surface area (Å²) in [6.45, 7) is 4.67. The number of carbonyl (C=O) groups excluding carboxylic acids is 2. The molecule has 1 unspecified atom stereocenters. The second-order valence-corrected chi connectivity index (χ2v) is 8.18. The third kappa shape index (κ3) is 10.3. The normalized spacial score (nSPS) is 12.7. The number of hydrazine groups is 1. The number of guanidine groups is 1. The van der Waals surface area contributed by atoms with E-state index in [1.807, 2.05) is 0 Å². The number of nitrogens with one attached hydrogen (secondary N) is 3. The summed E-state index contributed by atoms with van der Waals surface area (Å²) < 4.78 is 5.20. The molecule has 0 aliphatic carbocycles. The number of nitrogens with zero attached hydrogens (tertiary/aromatic N) is 2. The lowest BCUT2D eigenvalue weighted by atomic mass is 10.0. The van der Waals surface area contributed by atoms with Gasteiger partial charge < -0.3 is 26.2 Å². The standard InChI is InChI=1S/C20H30N6O7/c1-20(2,3)33-19(30)24-15(12-13-8-5-4-6-9-13)16(27)23-14(17(28)29)10-7-11-25(18(21)22)26(31)32/h4-6,8-9,14-15H,7,10-12H2,1-3H3,(H3,21,22)(H,23,27)(H,24,30)(H,28,29)/t14?,15-/m0/s1. The van der Waals surface area contributed by atoms with E-state index in [1.165, 1.54) is 0 Å². The highest BCUT2D eigenvalue weighted by atomic mass is 16.7. The van der Waals surface area contributed by atoms with Crippen LogP contribution in [0.3, 0.4) is 0 Å². The fourth-order valence-electron chi connectivity index (χ4n) is 2.77. The number of nitro groups is 1. The van der Waals surface area contributed by atoms with E-state index in [2.05, 4.69) is 10.6 Å². The number of benzene rings is 1. The molecule has 0 fully saturated rings. The van der Waals surface area contributed by atoms with Gasteiger partial charge in [0.25, 0.3) is 5.96 Å². The highest BCUT2D eigenvalue weighted by Crippen LogP contribution is 2.09. The molecule has 0 aliphatic rings. The first-order chi connectivity index (χ1) is 15.3. The molecule has 1 rings (SSSR count). The average Bonchev–Trinajstić information content (AvgIpc) is 2.68. The lowest BCUT2D eigenvalue weighted by Crippen LogP contribution is -2.53. The summed E-state index contributed by atoms with van der Waals surface area (Å²) >= 11 is 0. The molecule has 182 valence electrons. The Balaban J connectivity index is 2.89. The Bertz CT molecular complexity index is 842. The van der Waals surface area contributed by atoms with Gasteiger partial charge in [-0.25, -0.2) is 19.7 Å². The minimum atomic E-state index is -1.38. The topological polar surface area (TPSA) is 201 Å². The van der Waals surface area contributed by atoms with Crippen LogP contribution >= 0.6 is 0 Å². The van der Waals surface area contributed by atoms with Gasteiger partial charge in [-0.15, -0.1) is 0 Å². The molecule has 0 saturated carbocycles. The van der Waals surface area contributed by atoms with Gasteiger partial charge in [0.05, 0.1) is 6.54 Å². The van der Waals surface area contributed by atoms with Crippen LogP contribution < -0.4 is 16.4 Å². The van der Waals surface area contributed by atoms with Crippen molar-refractivity contribution in [3.63, 3.8) is 0 Å². The number of carboxylic acids is 1. The van der Waals surface area contributed by atoms with E-state index in [1.54, 1.807) is 51.1 Å². The minimum Gasteiger partial charge on any atom is -0.480 e. The molecule has 0 bridgehead atoms. The fourth-order valence-corrected chi connectivity index (χ4v) is 2.77. The summed E-state index contributed by atoms with van der Waals surface area (Å²) in [6.07, 6.45) is -0.963. The van der Waals surface area contributed by atoms with Crippen LogP contribution in [0, 0.1) is 15.5 Å². The molecule has 13 nitrogen and oxygen atoms in total. The van der Waals surface area contributed by atoms with Gasteiger partial charge >= 0.3 is 12.1 Å². The first kappa shape index (κ1) is 27.1. The van der Waals surface area contributed by atoms with Gasteiger partial charge in [-0.1, -0.05) is 35.3 Å². The molecule has 0 aromatic heterocycles. The molecule has 0 heterocycles. The summed E-state index contributed by atoms with van der Waals surface area (Å²) in [5.41, 5.74) is 5.05. The number of aliphatic carboxylic acids is 1. The van der Waals surface area contributed by atoms with Gasteiger partial charge in [-0.05, 0) is 39.2 Å². The third-order valence-corrected chi connectivity index (χ3v) is 4.24. The van der Waals surface area contributed by atoms with Crippen LogP contribution in [0.2, 0.25) is 0 Å². The number of amides is 2. The van der Waals surface area contributed by atoms with Gasteiger partial charge in [-0.2, -0.15) is 0 Å². The van der Waals surface area contributed by atoms with E-state index >= 15 is 0 Å². The lowest BCUT2D eigenvalue weighted by molar-refractivity contribution is -0.629.